The third-order valence-corrected chi connectivity index (χ3v) is 3.98. The van der Waals surface area contributed by atoms with Crippen LogP contribution in [0.25, 0.3) is 0 Å². The fourth-order valence-corrected chi connectivity index (χ4v) is 2.79. The highest BCUT2D eigenvalue weighted by Gasteiger charge is 2.40. The molecule has 4 heteroatoms. The van der Waals surface area contributed by atoms with E-state index in [4.69, 9.17) is 10.5 Å². The lowest BCUT2D eigenvalue weighted by Gasteiger charge is -2.27. The molecule has 0 spiro atoms. The average Bonchev–Trinajstić information content (AvgIpc) is 2.87. The van der Waals surface area contributed by atoms with Gasteiger partial charge in [-0.1, -0.05) is 6.42 Å². The molecule has 1 amide bonds. The Balaban J connectivity index is 1.91. The molecule has 2 fully saturated rings. The van der Waals surface area contributed by atoms with E-state index in [-0.39, 0.29) is 11.9 Å². The van der Waals surface area contributed by atoms with Gasteiger partial charge in [-0.25, -0.2) is 0 Å². The van der Waals surface area contributed by atoms with E-state index in [0.29, 0.717) is 19.1 Å². The summed E-state index contributed by atoms with van der Waals surface area (Å²) in [5, 5.41) is 3.12. The first-order chi connectivity index (χ1) is 7.65. The second kappa shape index (κ2) is 4.72. The zero-order valence-electron chi connectivity index (χ0n) is 10.00. The fourth-order valence-electron chi connectivity index (χ4n) is 2.79. The first-order valence-electron chi connectivity index (χ1n) is 6.31. The SMILES string of the molecule is CC1(C(=O)NC2CCCC2CN)CCCO1. The third-order valence-electron chi connectivity index (χ3n) is 3.98. The fraction of sp³-hybridized carbons (Fsp3) is 0.917. The quantitative estimate of drug-likeness (QED) is 0.748. The summed E-state index contributed by atoms with van der Waals surface area (Å²) in [4.78, 5) is 12.1. The highest BCUT2D eigenvalue weighted by Crippen LogP contribution is 2.28. The van der Waals surface area contributed by atoms with E-state index in [2.05, 4.69) is 5.32 Å². The number of rotatable bonds is 3. The molecule has 0 aromatic carbocycles. The average molecular weight is 226 g/mol. The summed E-state index contributed by atoms with van der Waals surface area (Å²) in [5.41, 5.74) is 5.11. The first kappa shape index (κ1) is 11.9. The van der Waals surface area contributed by atoms with Gasteiger partial charge in [0.25, 0.3) is 5.91 Å². The zero-order valence-corrected chi connectivity index (χ0v) is 10.00. The van der Waals surface area contributed by atoms with Gasteiger partial charge in [-0.3, -0.25) is 4.79 Å². The molecule has 1 saturated carbocycles. The van der Waals surface area contributed by atoms with Crippen LogP contribution in [0.3, 0.4) is 0 Å². The standard InChI is InChI=1S/C12H22N2O2/c1-12(6-3-7-16-12)11(15)14-10-5-2-4-9(10)8-13/h9-10H,2-8,13H2,1H3,(H,14,15). The van der Waals surface area contributed by atoms with Crippen molar-refractivity contribution in [1.29, 1.82) is 0 Å². The van der Waals surface area contributed by atoms with Crippen LogP contribution in [0.1, 0.15) is 39.0 Å². The van der Waals surface area contributed by atoms with Crippen molar-refractivity contribution < 1.29 is 9.53 Å². The second-order valence-electron chi connectivity index (χ2n) is 5.19. The van der Waals surface area contributed by atoms with Crippen molar-refractivity contribution in [3.05, 3.63) is 0 Å². The van der Waals surface area contributed by atoms with Crippen molar-refractivity contribution in [3.8, 4) is 0 Å². The molecule has 1 saturated heterocycles. The van der Waals surface area contributed by atoms with Crippen LogP contribution in [0.15, 0.2) is 0 Å². The Hall–Kier alpha value is -0.610. The maximum absolute atomic E-state index is 12.1. The normalized spacial score (nSPS) is 38.9. The lowest BCUT2D eigenvalue weighted by molar-refractivity contribution is -0.140. The van der Waals surface area contributed by atoms with Crippen LogP contribution in [-0.2, 0) is 9.53 Å². The lowest BCUT2D eigenvalue weighted by Crippen LogP contribution is -2.50. The zero-order chi connectivity index (χ0) is 11.6. The Morgan fingerprint density at radius 2 is 2.31 bits per heavy atom. The second-order valence-corrected chi connectivity index (χ2v) is 5.19. The van der Waals surface area contributed by atoms with Crippen LogP contribution in [0.4, 0.5) is 0 Å². The maximum atomic E-state index is 12.1. The summed E-state index contributed by atoms with van der Waals surface area (Å²) in [6, 6.07) is 0.263. The summed E-state index contributed by atoms with van der Waals surface area (Å²) in [6.45, 7) is 3.26. The molecule has 3 unspecified atom stereocenters. The van der Waals surface area contributed by atoms with Crippen LogP contribution in [0, 0.1) is 5.92 Å². The van der Waals surface area contributed by atoms with E-state index >= 15 is 0 Å². The highest BCUT2D eigenvalue weighted by molar-refractivity contribution is 5.85. The number of hydrogen-bond acceptors (Lipinski definition) is 3. The molecule has 0 aromatic rings. The molecule has 92 valence electrons. The van der Waals surface area contributed by atoms with E-state index in [1.165, 1.54) is 6.42 Å². The van der Waals surface area contributed by atoms with Crippen molar-refractivity contribution >= 4 is 5.91 Å². The summed E-state index contributed by atoms with van der Waals surface area (Å²) < 4.78 is 5.54. The molecular formula is C12H22N2O2. The number of hydrogen-bond donors (Lipinski definition) is 2. The number of amides is 1. The molecule has 4 nitrogen and oxygen atoms in total. The van der Waals surface area contributed by atoms with E-state index in [1.54, 1.807) is 0 Å². The minimum absolute atomic E-state index is 0.0513. The molecule has 3 atom stereocenters. The molecule has 0 aromatic heterocycles. The van der Waals surface area contributed by atoms with Crippen LogP contribution in [-0.4, -0.2) is 30.7 Å². The van der Waals surface area contributed by atoms with E-state index in [9.17, 15) is 4.79 Å². The Labute approximate surface area is 96.9 Å². The monoisotopic (exact) mass is 226 g/mol. The van der Waals surface area contributed by atoms with Gasteiger partial charge in [0.1, 0.15) is 5.60 Å². The number of ether oxygens (including phenoxy) is 1. The van der Waals surface area contributed by atoms with Gasteiger partial charge in [0, 0.05) is 12.6 Å². The highest BCUT2D eigenvalue weighted by atomic mass is 16.5. The third kappa shape index (κ3) is 2.23. The molecule has 3 N–H and O–H groups in total. The largest absolute Gasteiger partial charge is 0.365 e. The van der Waals surface area contributed by atoms with E-state index < -0.39 is 5.60 Å². The van der Waals surface area contributed by atoms with Crippen LogP contribution >= 0.6 is 0 Å². The van der Waals surface area contributed by atoms with Gasteiger partial charge in [-0.15, -0.1) is 0 Å². The van der Waals surface area contributed by atoms with Crippen LogP contribution in [0.5, 0.6) is 0 Å². The van der Waals surface area contributed by atoms with Crippen molar-refractivity contribution in [2.45, 2.75) is 50.7 Å². The molecule has 0 bridgehead atoms. The summed E-state index contributed by atoms with van der Waals surface area (Å²) in [6.07, 6.45) is 5.18. The molecule has 0 radical (unpaired) electrons. The molecule has 1 aliphatic carbocycles. The molecule has 1 aliphatic heterocycles. The minimum atomic E-state index is -0.595. The van der Waals surface area contributed by atoms with Gasteiger partial charge in [0.2, 0.25) is 0 Å². The molecular weight excluding hydrogens is 204 g/mol. The first-order valence-corrected chi connectivity index (χ1v) is 6.31. The van der Waals surface area contributed by atoms with Gasteiger partial charge < -0.3 is 15.8 Å². The van der Waals surface area contributed by atoms with Gasteiger partial charge in [0.05, 0.1) is 0 Å². The predicted molar refractivity (Wildman–Crippen MR) is 61.9 cm³/mol. The Morgan fingerprint density at radius 3 is 2.94 bits per heavy atom. The smallest absolute Gasteiger partial charge is 0.252 e. The topological polar surface area (TPSA) is 64.4 Å². The summed E-state index contributed by atoms with van der Waals surface area (Å²) in [5.74, 6) is 0.504. The molecule has 2 aliphatic rings. The summed E-state index contributed by atoms with van der Waals surface area (Å²) >= 11 is 0. The van der Waals surface area contributed by atoms with Crippen molar-refractivity contribution in [2.24, 2.45) is 11.7 Å². The van der Waals surface area contributed by atoms with Crippen LogP contribution in [0.2, 0.25) is 0 Å². The van der Waals surface area contributed by atoms with Gasteiger partial charge in [-0.2, -0.15) is 0 Å². The van der Waals surface area contributed by atoms with Gasteiger partial charge in [0.15, 0.2) is 0 Å². The van der Waals surface area contributed by atoms with Crippen molar-refractivity contribution in [1.82, 2.24) is 5.32 Å². The van der Waals surface area contributed by atoms with Crippen molar-refractivity contribution in [2.75, 3.05) is 13.2 Å². The lowest BCUT2D eigenvalue weighted by atomic mass is 9.99. The Morgan fingerprint density at radius 1 is 1.50 bits per heavy atom. The molecule has 16 heavy (non-hydrogen) atoms. The number of nitrogens with two attached hydrogens (primary N) is 1. The predicted octanol–water partition coefficient (Wildman–Crippen LogP) is 0.799. The Kier molecular flexibility index (Phi) is 3.50. The molecule has 1 heterocycles. The minimum Gasteiger partial charge on any atom is -0.365 e. The van der Waals surface area contributed by atoms with Gasteiger partial charge in [-0.05, 0) is 45.1 Å². The molecule has 2 rings (SSSR count). The number of carbonyl (C=O) groups excluding carboxylic acids is 1. The number of carbonyl (C=O) groups is 1. The van der Waals surface area contributed by atoms with E-state index in [0.717, 1.165) is 25.7 Å². The maximum Gasteiger partial charge on any atom is 0.252 e. The summed E-state index contributed by atoms with van der Waals surface area (Å²) in [7, 11) is 0. The van der Waals surface area contributed by atoms with E-state index in [1.807, 2.05) is 6.92 Å². The number of nitrogens with one attached hydrogen (secondary N) is 1. The van der Waals surface area contributed by atoms with Crippen molar-refractivity contribution in [3.63, 3.8) is 0 Å². The van der Waals surface area contributed by atoms with Crippen LogP contribution < -0.4 is 11.1 Å². The Bertz CT molecular complexity index is 262. The van der Waals surface area contributed by atoms with Gasteiger partial charge >= 0.3 is 0 Å².